The molecule has 0 fully saturated rings. The number of carbonyl (C=O) groups excluding carboxylic acids is 11. The number of aliphatic imine (C=N–C) groups is 1. The van der Waals surface area contributed by atoms with E-state index in [1.54, 1.807) is 62.4 Å². The number of hydrogen-bond donors (Lipinski definition) is 17. The van der Waals surface area contributed by atoms with E-state index in [0.717, 1.165) is 12.5 Å². The quantitative estimate of drug-likeness (QED) is 0.0276. The molecule has 2 rings (SSSR count). The Bertz CT molecular complexity index is 2600. The number of primary amides is 1. The van der Waals surface area contributed by atoms with Gasteiger partial charge in [0, 0.05) is 6.42 Å². The fourth-order valence-electron chi connectivity index (χ4n) is 9.11. The second-order valence-corrected chi connectivity index (χ2v) is 22.7. The minimum absolute atomic E-state index is 0.0205. The molecule has 1 aliphatic rings. The summed E-state index contributed by atoms with van der Waals surface area (Å²) < 4.78 is 5.54. The highest BCUT2D eigenvalue weighted by Crippen LogP contribution is 2.17. The van der Waals surface area contributed by atoms with Crippen LogP contribution in [-0.2, 0) is 68.7 Å². The molecule has 1 aromatic carbocycles. The molecule has 0 saturated heterocycles. The zero-order valence-electron chi connectivity index (χ0n) is 52.8. The molecular formula is C58H97N15O16. The van der Waals surface area contributed by atoms with Crippen molar-refractivity contribution in [3.05, 3.63) is 35.9 Å². The van der Waals surface area contributed by atoms with Crippen molar-refractivity contribution in [1.29, 1.82) is 0 Å². The van der Waals surface area contributed by atoms with Crippen molar-refractivity contribution < 1.29 is 77.6 Å². The van der Waals surface area contributed by atoms with Gasteiger partial charge in [-0.15, -0.1) is 0 Å². The van der Waals surface area contributed by atoms with Crippen LogP contribution in [0.3, 0.4) is 0 Å². The molecule has 89 heavy (non-hydrogen) atoms. The van der Waals surface area contributed by atoms with E-state index >= 15 is 0 Å². The van der Waals surface area contributed by atoms with Crippen molar-refractivity contribution in [1.82, 2.24) is 58.5 Å². The van der Waals surface area contributed by atoms with Crippen LogP contribution in [0.2, 0.25) is 0 Å². The molecule has 1 aromatic rings. The number of rotatable bonds is 40. The van der Waals surface area contributed by atoms with Crippen molar-refractivity contribution >= 4 is 77.0 Å². The summed E-state index contributed by atoms with van der Waals surface area (Å²) in [5.41, 5.74) is 17.8. The number of aliphatic carboxylic acids is 1. The first-order valence-corrected chi connectivity index (χ1v) is 30.1. The molecule has 0 unspecified atom stereocenters. The molecule has 1 heterocycles. The number of aliphatic hydroxyl groups excluding tert-OH is 2. The highest BCUT2D eigenvalue weighted by Gasteiger charge is 2.40. The van der Waals surface area contributed by atoms with Gasteiger partial charge in [-0.25, -0.2) is 9.59 Å². The summed E-state index contributed by atoms with van der Waals surface area (Å²) in [5, 5.41) is 59.3. The van der Waals surface area contributed by atoms with Crippen LogP contribution in [0.1, 0.15) is 120 Å². The van der Waals surface area contributed by atoms with Crippen molar-refractivity contribution in [2.24, 2.45) is 45.9 Å². The van der Waals surface area contributed by atoms with Crippen LogP contribution in [0.25, 0.3) is 0 Å². The molecule has 0 aromatic heterocycles. The third-order valence-electron chi connectivity index (χ3n) is 15.8. The summed E-state index contributed by atoms with van der Waals surface area (Å²) in [4.78, 5) is 167. The minimum atomic E-state index is -2.01. The molecule has 0 radical (unpaired) electrons. The summed E-state index contributed by atoms with van der Waals surface area (Å²) >= 11 is 0. The van der Waals surface area contributed by atoms with Crippen molar-refractivity contribution in [2.45, 2.75) is 199 Å². The van der Waals surface area contributed by atoms with E-state index in [4.69, 9.17) is 21.9 Å². The van der Waals surface area contributed by atoms with Gasteiger partial charge in [0.1, 0.15) is 54.4 Å². The van der Waals surface area contributed by atoms with Crippen molar-refractivity contribution in [3.63, 3.8) is 0 Å². The van der Waals surface area contributed by atoms with Crippen LogP contribution in [0.4, 0.5) is 0 Å². The van der Waals surface area contributed by atoms with Crippen LogP contribution in [0, 0.1) is 23.7 Å². The number of guanidine groups is 1. The molecule has 17 atom stereocenters. The highest BCUT2D eigenvalue weighted by molar-refractivity contribution is 5.98. The number of nitrogens with zero attached hydrogens (tertiary/aromatic N) is 1. The highest BCUT2D eigenvalue weighted by atomic mass is 16.5. The number of benzene rings is 1. The number of hydrogen-bond acceptors (Lipinski definition) is 20. The Morgan fingerprint density at radius 1 is 0.562 bits per heavy atom. The first-order chi connectivity index (χ1) is 41.9. The maximum absolute atomic E-state index is 14.3. The average molecular weight is 1260 g/mol. The molecule has 0 spiro atoms. The number of likely N-dealkylation sites (N-methyl/N-ethyl adjacent to an activating group) is 1. The summed E-state index contributed by atoms with van der Waals surface area (Å²) in [6, 6.07) is -7.01. The molecule has 31 nitrogen and oxygen atoms in total. The van der Waals surface area contributed by atoms with Crippen LogP contribution in [0.15, 0.2) is 35.3 Å². The number of nitrogens with two attached hydrogens (primary N) is 3. The van der Waals surface area contributed by atoms with Crippen molar-refractivity contribution in [2.75, 3.05) is 26.8 Å². The Balaban J connectivity index is 2.32. The van der Waals surface area contributed by atoms with E-state index in [1.807, 2.05) is 30.3 Å². The smallest absolute Gasteiger partial charge is 0.330 e. The molecule has 500 valence electrons. The first-order valence-electron chi connectivity index (χ1n) is 30.1. The standard InChI is InChI=1S/C58H97N15O16/c1-12-28(5)42(70-49(79)37(62-11)23-34-19-17-16-18-20-34)53(83)67-39(26-74)51(81)65-36(21-22-41(60)76)48(78)69-44(30(7)14-3)55(85)71-43(29(6)13-2)54(84)68-40(27-75)52(82)73-46(56(86)87)33(10)89-57(88)45(31(8)15-4)72-50(80)38(66-47(77)32(9)59)24-35-25-63-58(61)64-35/h16-20,28-33,35-40,42-46,62,74-75H,12-15,21-27,59H2,1-11H3,(H2,60,76)(H,65,81)(H,66,77)(H,67,83)(H,68,84)(H,69,78)(H,70,79)(H,71,85)(H,72,80)(H,73,82)(H,86,87)(H3,61,63,64)/t28-,29-,30-,31-,32-,33-,35-,36+,37+,38-,39-,40-,42-,43-,44+,45-,46+/m0/s1. The Hall–Kier alpha value is -8.03. The maximum Gasteiger partial charge on any atom is 0.330 e. The van der Waals surface area contributed by atoms with Gasteiger partial charge in [0.05, 0.1) is 37.9 Å². The van der Waals surface area contributed by atoms with Gasteiger partial charge in [-0.1, -0.05) is 111 Å². The van der Waals surface area contributed by atoms with E-state index in [-0.39, 0.29) is 31.8 Å². The molecule has 0 saturated carbocycles. The van der Waals surface area contributed by atoms with Crippen LogP contribution in [0.5, 0.6) is 0 Å². The van der Waals surface area contributed by atoms with E-state index in [9.17, 15) is 72.9 Å². The fourth-order valence-corrected chi connectivity index (χ4v) is 9.11. The SMILES string of the molecule is CC[C@H](C)[C@H](NC(=O)[C@@H](Cc1ccccc1)NC)C(=O)N[C@@H](CO)C(=O)N[C@H](CCC(N)=O)C(=O)N[C@@H](C(=O)N[C@H](C(=O)N[C@@H](CO)C(=O)N[C@@H](C(=O)O)[C@H](C)OC(=O)[C@@H](NC(=O)[C@H](C[C@H]1CN=C(N)N1)NC(=O)[C@H](C)N)[C@@H](C)CC)[C@@H](C)CC)[C@@H](C)CC. The van der Waals surface area contributed by atoms with E-state index in [2.05, 4.69) is 63.5 Å². The van der Waals surface area contributed by atoms with Crippen LogP contribution in [-0.4, -0.2) is 198 Å². The van der Waals surface area contributed by atoms with E-state index in [1.165, 1.54) is 6.92 Å². The topological polar surface area (TPSA) is 498 Å². The molecule has 31 heteroatoms. The normalized spacial score (nSPS) is 18.2. The summed E-state index contributed by atoms with van der Waals surface area (Å²) in [6.45, 7) is 14.0. The number of carboxylic acid groups (broad SMARTS) is 1. The summed E-state index contributed by atoms with van der Waals surface area (Å²) in [6.07, 6.45) is -1.05. The number of carboxylic acids is 1. The second-order valence-electron chi connectivity index (χ2n) is 22.7. The first kappa shape index (κ1) is 77.1. The lowest BCUT2D eigenvalue weighted by Gasteiger charge is -2.31. The third kappa shape index (κ3) is 24.8. The number of nitrogens with one attached hydrogen (secondary N) is 11. The van der Waals surface area contributed by atoms with Crippen LogP contribution >= 0.6 is 0 Å². The Morgan fingerprint density at radius 2 is 0.955 bits per heavy atom. The van der Waals surface area contributed by atoms with Gasteiger partial charge in [0.25, 0.3) is 0 Å². The van der Waals surface area contributed by atoms with Gasteiger partial charge in [-0.2, -0.15) is 0 Å². The molecule has 1 aliphatic heterocycles. The number of amides is 10. The Kier molecular flexibility index (Phi) is 33.2. The zero-order valence-corrected chi connectivity index (χ0v) is 52.8. The summed E-state index contributed by atoms with van der Waals surface area (Å²) in [5.74, 6) is -14.1. The molecule has 10 amide bonds. The van der Waals surface area contributed by atoms with E-state index in [0.29, 0.717) is 19.3 Å². The Labute approximate surface area is 519 Å². The lowest BCUT2D eigenvalue weighted by molar-refractivity contribution is -0.160. The maximum atomic E-state index is 14.3. The number of aliphatic hydroxyl groups is 2. The van der Waals surface area contributed by atoms with Gasteiger partial charge in [-0.05, 0) is 69.4 Å². The van der Waals surface area contributed by atoms with Crippen molar-refractivity contribution in [3.8, 4) is 0 Å². The molecule has 0 bridgehead atoms. The predicted molar refractivity (Wildman–Crippen MR) is 326 cm³/mol. The van der Waals surface area contributed by atoms with Gasteiger partial charge >= 0.3 is 11.9 Å². The number of esters is 1. The fraction of sp³-hybridized carbons (Fsp3) is 0.672. The van der Waals surface area contributed by atoms with E-state index < -0.39 is 199 Å². The third-order valence-corrected chi connectivity index (χ3v) is 15.8. The largest absolute Gasteiger partial charge is 0.480 e. The second kappa shape index (κ2) is 38.4. The average Bonchev–Trinajstić information content (AvgIpc) is 3.39. The summed E-state index contributed by atoms with van der Waals surface area (Å²) in [7, 11) is 1.59. The monoisotopic (exact) mass is 1260 g/mol. The number of carbonyl (C=O) groups is 12. The molecular weight excluding hydrogens is 1160 g/mol. The predicted octanol–water partition coefficient (Wildman–Crippen LogP) is -4.35. The zero-order chi connectivity index (χ0) is 67.4. The van der Waals surface area contributed by atoms with Gasteiger partial charge in [0.15, 0.2) is 12.0 Å². The molecule has 0 aliphatic carbocycles. The number of ether oxygens (including phenoxy) is 1. The molecule has 20 N–H and O–H groups in total. The van der Waals surface area contributed by atoms with Crippen LogP contribution < -0.4 is 75.7 Å². The lowest BCUT2D eigenvalue weighted by atomic mass is 9.94. The van der Waals surface area contributed by atoms with Gasteiger partial charge in [0.2, 0.25) is 59.1 Å². The lowest BCUT2D eigenvalue weighted by Crippen LogP contribution is -2.63. The van der Waals surface area contributed by atoms with Gasteiger partial charge in [-0.3, -0.25) is 52.9 Å². The Morgan fingerprint density at radius 3 is 1.38 bits per heavy atom. The minimum Gasteiger partial charge on any atom is -0.480 e. The van der Waals surface area contributed by atoms with Gasteiger partial charge < -0.3 is 95.7 Å².